The number of rotatable bonds is 14. The van der Waals surface area contributed by atoms with Crippen molar-refractivity contribution in [1.82, 2.24) is 0 Å². The molecule has 36 nitrogen and oxygen atoms in total. The Bertz CT molecular complexity index is 991. The van der Waals surface area contributed by atoms with Gasteiger partial charge in [-0.15, -0.1) is 0 Å². The molecule has 0 bridgehead atoms. The van der Waals surface area contributed by atoms with E-state index in [9.17, 15) is 36.5 Å². The maximum Gasteiger partial charge on any atom is 0.337 e. The molecule has 0 saturated heterocycles. The van der Waals surface area contributed by atoms with Crippen LogP contribution in [0.1, 0.15) is 0 Å². The van der Waals surface area contributed by atoms with Crippen LogP contribution in [-0.4, -0.2) is 180 Å². The maximum atomic E-state index is 9.85. The molecular weight excluding hydrogens is 992 g/mol. The molecule has 0 heterocycles. The van der Waals surface area contributed by atoms with E-state index in [0.29, 0.717) is 78.5 Å². The topological polar surface area (TPSA) is 772 Å². The second-order valence-electron chi connectivity index (χ2n) is 9.35. The zero-order valence-corrected chi connectivity index (χ0v) is 39.4. The first-order valence-electron chi connectivity index (χ1n) is 15.1. The van der Waals surface area contributed by atoms with Crippen molar-refractivity contribution in [1.29, 1.82) is 0 Å². The summed E-state index contributed by atoms with van der Waals surface area (Å²) in [6.45, 7) is 7.17. The Morgan fingerprint density at radius 2 is 0.233 bits per heavy atom. The first kappa shape index (κ1) is 84.2. The van der Waals surface area contributed by atoms with Gasteiger partial charge in [0.15, 0.2) is 23.6 Å². The Hall–Kier alpha value is 0.720. The fourth-order valence-electron chi connectivity index (χ4n) is 0.960. The number of nitrogens with two attached hydrogens (primary N) is 12. The van der Waals surface area contributed by atoms with Crippen LogP contribution in [-0.2, 0) is 36.5 Å². The van der Waals surface area contributed by atoms with Gasteiger partial charge < -0.3 is 147 Å². The average molecular weight is 1060 g/mol. The minimum absolute atomic E-state index is 0.597. The first-order chi connectivity index (χ1) is 26.3. The Morgan fingerprint density at radius 1 is 0.183 bits per heavy atom. The van der Waals surface area contributed by atoms with E-state index in [1.54, 1.807) is 0 Å². The van der Waals surface area contributed by atoms with Crippen molar-refractivity contribution in [3.63, 3.8) is 0 Å². The van der Waals surface area contributed by atoms with Gasteiger partial charge in [-0.3, -0.25) is 36.5 Å². The van der Waals surface area contributed by atoms with Crippen LogP contribution in [0, 0.1) is 0 Å². The predicted octanol–water partition coefficient (Wildman–Crippen LogP) is -9.38. The summed E-state index contributed by atoms with van der Waals surface area (Å²) in [5.41, 5.74) is 58.8. The van der Waals surface area contributed by atoms with Crippen molar-refractivity contribution < 1.29 is 115 Å². The van der Waals surface area contributed by atoms with Crippen LogP contribution in [0.15, 0.2) is 0 Å². The standard InChI is InChI=1S/6C2H8N2.4CH6O6P2/c6*3-1-2-4;4*2-8(3,4)1-9(5,6)7/h6*1-4H2;4*1H2,(H2,2,3,4)(H2,5,6,7). The van der Waals surface area contributed by atoms with E-state index in [1.807, 2.05) is 0 Å². The fourth-order valence-corrected chi connectivity index (χ4v) is 8.64. The number of hydrogen-bond acceptors (Lipinski definition) is 20. The van der Waals surface area contributed by atoms with Crippen LogP contribution in [0.3, 0.4) is 0 Å². The SMILES string of the molecule is NCCN.NCCN.NCCN.NCCN.NCCN.NCCN.O=P(O)(O)CP(=O)(O)O.O=P(O)(O)CP(=O)(O)O.O=P(O)(O)CP(=O)(O)O.O=P(O)(O)CP(=O)(O)O. The molecule has 0 aliphatic carbocycles. The lowest BCUT2D eigenvalue weighted by Crippen LogP contribution is -2.11. The van der Waals surface area contributed by atoms with Crippen LogP contribution in [0.5, 0.6) is 0 Å². The molecule has 44 heteroatoms. The zero-order valence-electron chi connectivity index (χ0n) is 32.2. The van der Waals surface area contributed by atoms with Crippen LogP contribution in [0.25, 0.3) is 0 Å². The molecule has 0 aliphatic rings. The van der Waals surface area contributed by atoms with E-state index in [2.05, 4.69) is 0 Å². The summed E-state index contributed by atoms with van der Waals surface area (Å²) in [5, 5.41) is 0. The highest BCUT2D eigenvalue weighted by Crippen LogP contribution is 2.53. The molecule has 0 amide bonds. The molecule has 0 saturated carbocycles. The van der Waals surface area contributed by atoms with Gasteiger partial charge in [0.2, 0.25) is 0 Å². The van der Waals surface area contributed by atoms with E-state index in [4.69, 9.17) is 147 Å². The number of hydrogen-bond donors (Lipinski definition) is 28. The molecule has 0 aromatic heterocycles. The predicted molar refractivity (Wildman–Crippen MR) is 224 cm³/mol. The highest BCUT2D eigenvalue weighted by Gasteiger charge is 2.28. The highest BCUT2D eigenvalue weighted by molar-refractivity contribution is 7.70. The van der Waals surface area contributed by atoms with Gasteiger partial charge in [-0.05, 0) is 0 Å². The van der Waals surface area contributed by atoms with Crippen molar-refractivity contribution in [2.45, 2.75) is 0 Å². The Labute approximate surface area is 346 Å². The van der Waals surface area contributed by atoms with E-state index in [0.717, 1.165) is 0 Å². The molecule has 0 aromatic carbocycles. The second-order valence-corrected chi connectivity index (χ2v) is 24.5. The van der Waals surface area contributed by atoms with Gasteiger partial charge in [-0.1, -0.05) is 0 Å². The van der Waals surface area contributed by atoms with E-state index in [-0.39, 0.29) is 0 Å². The van der Waals surface area contributed by atoms with Gasteiger partial charge in [0.1, 0.15) is 0 Å². The lowest BCUT2D eigenvalue weighted by atomic mass is 10.7. The van der Waals surface area contributed by atoms with Crippen LogP contribution in [0.2, 0.25) is 0 Å². The lowest BCUT2D eigenvalue weighted by molar-refractivity contribution is 0.352. The minimum Gasteiger partial charge on any atom is -0.329 e. The van der Waals surface area contributed by atoms with Crippen molar-refractivity contribution in [3.05, 3.63) is 0 Å². The first-order valence-corrected chi connectivity index (χ1v) is 29.5. The minimum atomic E-state index is -4.55. The van der Waals surface area contributed by atoms with Gasteiger partial charge in [0.05, 0.1) is 0 Å². The van der Waals surface area contributed by atoms with Gasteiger partial charge >= 0.3 is 60.8 Å². The smallest absolute Gasteiger partial charge is 0.329 e. The van der Waals surface area contributed by atoms with E-state index >= 15 is 0 Å². The third kappa shape index (κ3) is 207. The molecule has 0 aliphatic heterocycles. The van der Waals surface area contributed by atoms with E-state index < -0.39 is 84.4 Å². The van der Waals surface area contributed by atoms with Crippen LogP contribution in [0.4, 0.5) is 0 Å². The molecule has 0 rings (SSSR count). The third-order valence-corrected chi connectivity index (χ3v) is 14.3. The maximum absolute atomic E-state index is 9.85. The Morgan fingerprint density at radius 3 is 0.233 bits per heavy atom. The molecule has 0 aromatic rings. The van der Waals surface area contributed by atoms with E-state index in [1.165, 1.54) is 0 Å². The molecule has 0 unspecified atom stereocenters. The molecule has 40 N–H and O–H groups in total. The van der Waals surface area contributed by atoms with Crippen molar-refractivity contribution >= 4 is 60.8 Å². The van der Waals surface area contributed by atoms with Crippen LogP contribution >= 0.6 is 60.8 Å². The fraction of sp³-hybridized carbons (Fsp3) is 1.00. The summed E-state index contributed by atoms with van der Waals surface area (Å²) in [5.74, 6) is -5.50. The zero-order chi connectivity index (χ0) is 51.3. The summed E-state index contributed by atoms with van der Waals surface area (Å²) in [7, 11) is -36.4. The van der Waals surface area contributed by atoms with Crippen molar-refractivity contribution in [3.8, 4) is 0 Å². The van der Waals surface area contributed by atoms with Gasteiger partial charge in [0.25, 0.3) is 0 Å². The summed E-state index contributed by atoms with van der Waals surface area (Å²) in [6, 6.07) is 0. The van der Waals surface area contributed by atoms with Crippen molar-refractivity contribution in [2.75, 3.05) is 102 Å². The molecule has 60 heavy (non-hydrogen) atoms. The Balaban J connectivity index is -0.0000000593. The third-order valence-electron chi connectivity index (χ3n) is 2.47. The quantitative estimate of drug-likeness (QED) is 0.0718. The molecule has 380 valence electrons. The van der Waals surface area contributed by atoms with Gasteiger partial charge in [-0.2, -0.15) is 0 Å². The monoisotopic (exact) mass is 1060 g/mol. The average Bonchev–Trinajstić information content (AvgIpc) is 2.99. The highest BCUT2D eigenvalue weighted by atomic mass is 31.3. The summed E-state index contributed by atoms with van der Waals surface area (Å²) in [6.07, 6.45) is 0. The molecular formula is C16H72N12O24P8. The summed E-state index contributed by atoms with van der Waals surface area (Å²) >= 11 is 0. The van der Waals surface area contributed by atoms with Gasteiger partial charge in [-0.25, -0.2) is 0 Å². The molecule has 0 fully saturated rings. The summed E-state index contributed by atoms with van der Waals surface area (Å²) < 4.78 is 78.8. The van der Waals surface area contributed by atoms with Gasteiger partial charge in [0, 0.05) is 78.5 Å². The lowest BCUT2D eigenvalue weighted by Gasteiger charge is -2.03. The second kappa shape index (κ2) is 49.2. The molecule has 0 radical (unpaired) electrons. The molecule has 0 atom stereocenters. The van der Waals surface area contributed by atoms with Crippen LogP contribution < -0.4 is 68.8 Å². The normalized spacial score (nSPS) is 11.3. The molecule has 0 spiro atoms. The van der Waals surface area contributed by atoms with Crippen molar-refractivity contribution in [2.24, 2.45) is 68.8 Å². The Kier molecular flexibility index (Phi) is 69.0. The summed E-state index contributed by atoms with van der Waals surface area (Å²) in [4.78, 5) is 128. The largest absolute Gasteiger partial charge is 0.337 e.